The highest BCUT2D eigenvalue weighted by atomic mass is 15.1. The predicted molar refractivity (Wildman–Crippen MR) is 71.8 cm³/mol. The minimum absolute atomic E-state index is 0.377. The van der Waals surface area contributed by atoms with Crippen molar-refractivity contribution in [2.45, 2.75) is 0 Å². The number of para-hydroxylation sites is 1. The number of fused-ring (bicyclic) bond motifs is 1. The lowest BCUT2D eigenvalue weighted by molar-refractivity contribution is 1.14. The lowest BCUT2D eigenvalue weighted by Crippen LogP contribution is -2.02. The lowest BCUT2D eigenvalue weighted by Gasteiger charge is -2.09. The van der Waals surface area contributed by atoms with Crippen molar-refractivity contribution < 1.29 is 0 Å². The van der Waals surface area contributed by atoms with E-state index in [2.05, 4.69) is 21.4 Å². The molecule has 0 radical (unpaired) electrons. The monoisotopic (exact) mass is 250 g/mol. The molecule has 0 saturated carbocycles. The van der Waals surface area contributed by atoms with E-state index in [4.69, 9.17) is 11.0 Å². The normalized spacial score (nSPS) is 10.3. The number of nitriles is 1. The molecule has 19 heavy (non-hydrogen) atoms. The van der Waals surface area contributed by atoms with Gasteiger partial charge in [-0.25, -0.2) is 9.97 Å². The molecule has 0 aliphatic carbocycles. The fraction of sp³-hybridized carbons (Fsp3) is 0. The van der Waals surface area contributed by atoms with Crippen molar-refractivity contribution in [1.82, 2.24) is 14.4 Å². The molecule has 1 aromatic carbocycles. The Balaban J connectivity index is 2.11. The maximum atomic E-state index is 9.07. The van der Waals surface area contributed by atoms with Crippen LogP contribution in [0.4, 0.5) is 17.3 Å². The SMILES string of the molecule is N#Cc1ccccc1Nc1nc(N)cn2ccnc12. The number of rotatable bonds is 2. The molecule has 3 N–H and O–H groups in total. The summed E-state index contributed by atoms with van der Waals surface area (Å²) in [6, 6.07) is 9.32. The molecule has 3 rings (SSSR count). The molecule has 92 valence electrons. The van der Waals surface area contributed by atoms with Gasteiger partial charge in [0.15, 0.2) is 11.5 Å². The Morgan fingerprint density at radius 1 is 1.32 bits per heavy atom. The van der Waals surface area contributed by atoms with E-state index in [9.17, 15) is 0 Å². The molecule has 6 heteroatoms. The van der Waals surface area contributed by atoms with Crippen molar-refractivity contribution in [3.8, 4) is 6.07 Å². The van der Waals surface area contributed by atoms with E-state index < -0.39 is 0 Å². The van der Waals surface area contributed by atoms with Crippen molar-refractivity contribution in [3.63, 3.8) is 0 Å². The van der Waals surface area contributed by atoms with Crippen molar-refractivity contribution in [3.05, 3.63) is 48.4 Å². The number of nitrogens with zero attached hydrogens (tertiary/aromatic N) is 4. The number of anilines is 3. The van der Waals surface area contributed by atoms with Gasteiger partial charge in [0.25, 0.3) is 0 Å². The summed E-state index contributed by atoms with van der Waals surface area (Å²) >= 11 is 0. The fourth-order valence-corrected chi connectivity index (χ4v) is 1.85. The van der Waals surface area contributed by atoms with Crippen LogP contribution in [0.15, 0.2) is 42.9 Å². The summed E-state index contributed by atoms with van der Waals surface area (Å²) in [6.07, 6.45) is 5.14. The molecule has 0 atom stereocenters. The first-order chi connectivity index (χ1) is 9.28. The van der Waals surface area contributed by atoms with Crippen molar-refractivity contribution in [2.75, 3.05) is 11.1 Å². The quantitative estimate of drug-likeness (QED) is 0.725. The van der Waals surface area contributed by atoms with E-state index in [1.165, 1.54) is 0 Å². The number of hydrogen-bond acceptors (Lipinski definition) is 5. The summed E-state index contributed by atoms with van der Waals surface area (Å²) in [5.41, 5.74) is 7.61. The summed E-state index contributed by atoms with van der Waals surface area (Å²) in [5.74, 6) is 0.898. The van der Waals surface area contributed by atoms with Gasteiger partial charge in [-0.05, 0) is 12.1 Å². The van der Waals surface area contributed by atoms with E-state index >= 15 is 0 Å². The summed E-state index contributed by atoms with van der Waals surface area (Å²) in [4.78, 5) is 8.43. The second kappa shape index (κ2) is 4.31. The molecule has 0 aliphatic rings. The molecule has 0 saturated heterocycles. The first kappa shape index (κ1) is 11.0. The van der Waals surface area contributed by atoms with Crippen LogP contribution in [0.1, 0.15) is 5.56 Å². The number of imidazole rings is 1. The molecule has 0 aliphatic heterocycles. The highest BCUT2D eigenvalue weighted by Crippen LogP contribution is 2.22. The first-order valence-electron chi connectivity index (χ1n) is 5.63. The van der Waals surface area contributed by atoms with E-state index in [0.717, 1.165) is 0 Å². The molecule has 0 amide bonds. The van der Waals surface area contributed by atoms with Gasteiger partial charge in [0, 0.05) is 12.4 Å². The second-order valence-corrected chi connectivity index (χ2v) is 3.95. The third kappa shape index (κ3) is 1.93. The molecular formula is C13H10N6. The van der Waals surface area contributed by atoms with E-state index in [1.54, 1.807) is 29.1 Å². The molecule has 2 heterocycles. The van der Waals surface area contributed by atoms with Gasteiger partial charge in [-0.2, -0.15) is 5.26 Å². The molecule has 6 nitrogen and oxygen atoms in total. The number of nitrogens with two attached hydrogens (primary N) is 1. The van der Waals surface area contributed by atoms with Gasteiger partial charge in [0.2, 0.25) is 0 Å². The van der Waals surface area contributed by atoms with Crippen LogP contribution < -0.4 is 11.1 Å². The number of nitrogens with one attached hydrogen (secondary N) is 1. The Kier molecular flexibility index (Phi) is 2.50. The van der Waals surface area contributed by atoms with Crippen LogP contribution in [0.25, 0.3) is 5.65 Å². The van der Waals surface area contributed by atoms with Gasteiger partial charge in [0.05, 0.1) is 17.4 Å². The van der Waals surface area contributed by atoms with Crippen LogP contribution in [0.5, 0.6) is 0 Å². The topological polar surface area (TPSA) is 92.0 Å². The van der Waals surface area contributed by atoms with Gasteiger partial charge in [-0.15, -0.1) is 0 Å². The Hall–Kier alpha value is -3.07. The van der Waals surface area contributed by atoms with E-state index in [0.29, 0.717) is 28.5 Å². The second-order valence-electron chi connectivity index (χ2n) is 3.95. The van der Waals surface area contributed by atoms with Crippen molar-refractivity contribution >= 4 is 23.0 Å². The van der Waals surface area contributed by atoms with Crippen molar-refractivity contribution in [1.29, 1.82) is 5.26 Å². The van der Waals surface area contributed by atoms with Crippen LogP contribution in [0, 0.1) is 11.3 Å². The standard InChI is InChI=1S/C13H10N6/c14-7-9-3-1-2-4-10(9)17-12-13-16-5-6-19(13)8-11(15)18-12/h1-6,8H,15H2,(H,17,18). The zero-order valence-electron chi connectivity index (χ0n) is 9.91. The highest BCUT2D eigenvalue weighted by Gasteiger charge is 2.08. The largest absolute Gasteiger partial charge is 0.382 e. The predicted octanol–water partition coefficient (Wildman–Crippen LogP) is 1.93. The van der Waals surface area contributed by atoms with Crippen LogP contribution in [0.2, 0.25) is 0 Å². The number of nitrogen functional groups attached to an aromatic ring is 1. The summed E-state index contributed by atoms with van der Waals surface area (Å²) in [7, 11) is 0. The average Bonchev–Trinajstić information content (AvgIpc) is 2.87. The van der Waals surface area contributed by atoms with Crippen LogP contribution in [0.3, 0.4) is 0 Å². The third-order valence-corrected chi connectivity index (χ3v) is 2.69. The van der Waals surface area contributed by atoms with Gasteiger partial charge in [-0.1, -0.05) is 12.1 Å². The Labute approximate surface area is 109 Å². The van der Waals surface area contributed by atoms with Gasteiger partial charge in [0.1, 0.15) is 11.9 Å². The van der Waals surface area contributed by atoms with Gasteiger partial charge >= 0.3 is 0 Å². The van der Waals surface area contributed by atoms with Crippen LogP contribution in [-0.4, -0.2) is 14.4 Å². The first-order valence-corrected chi connectivity index (χ1v) is 5.63. The van der Waals surface area contributed by atoms with Crippen LogP contribution in [-0.2, 0) is 0 Å². The Bertz CT molecular complexity index is 783. The van der Waals surface area contributed by atoms with E-state index in [-0.39, 0.29) is 0 Å². The lowest BCUT2D eigenvalue weighted by atomic mass is 10.2. The molecular weight excluding hydrogens is 240 g/mol. The number of benzene rings is 1. The fourth-order valence-electron chi connectivity index (χ4n) is 1.85. The third-order valence-electron chi connectivity index (χ3n) is 2.69. The zero-order valence-corrected chi connectivity index (χ0v) is 9.91. The minimum atomic E-state index is 0.377. The summed E-state index contributed by atoms with van der Waals surface area (Å²) < 4.78 is 1.78. The van der Waals surface area contributed by atoms with Gasteiger partial charge < -0.3 is 15.5 Å². The maximum Gasteiger partial charge on any atom is 0.180 e. The molecule has 0 unspecified atom stereocenters. The highest BCUT2D eigenvalue weighted by molar-refractivity contribution is 5.74. The summed E-state index contributed by atoms with van der Waals surface area (Å²) in [5, 5.41) is 12.2. The molecule has 0 bridgehead atoms. The summed E-state index contributed by atoms with van der Waals surface area (Å²) in [6.45, 7) is 0. The Morgan fingerprint density at radius 2 is 2.16 bits per heavy atom. The van der Waals surface area contributed by atoms with Gasteiger partial charge in [-0.3, -0.25) is 0 Å². The molecule has 2 aromatic heterocycles. The minimum Gasteiger partial charge on any atom is -0.382 e. The molecule has 3 aromatic rings. The molecule has 0 spiro atoms. The van der Waals surface area contributed by atoms with E-state index in [1.807, 2.05) is 18.2 Å². The average molecular weight is 250 g/mol. The number of aromatic nitrogens is 3. The van der Waals surface area contributed by atoms with Crippen LogP contribution >= 0.6 is 0 Å². The smallest absolute Gasteiger partial charge is 0.180 e. The maximum absolute atomic E-state index is 9.07. The Morgan fingerprint density at radius 3 is 3.00 bits per heavy atom. The number of hydrogen-bond donors (Lipinski definition) is 2. The van der Waals surface area contributed by atoms with Crippen molar-refractivity contribution in [2.24, 2.45) is 0 Å². The molecule has 0 fully saturated rings. The zero-order chi connectivity index (χ0) is 13.2.